The standard InChI is InChI=1S/C18H11Cl2IN4O/c1-26-18-15-10(2-5-23-18)17(24-14-3-4-22-8-11(14)15)25-16-12(19)6-9(21)7-13(16)20/h2-8H,1H3,(H,24,25). The second-order valence-electron chi connectivity index (χ2n) is 5.47. The fourth-order valence-corrected chi connectivity index (χ4v) is 4.36. The van der Waals surface area contributed by atoms with Gasteiger partial charge in [-0.05, 0) is 46.9 Å². The fraction of sp³-hybridized carbons (Fsp3) is 0.0556. The highest BCUT2D eigenvalue weighted by Gasteiger charge is 2.16. The van der Waals surface area contributed by atoms with Crippen LogP contribution in [0.3, 0.4) is 0 Å². The molecule has 0 unspecified atom stereocenters. The van der Waals surface area contributed by atoms with E-state index in [1.165, 1.54) is 0 Å². The highest BCUT2D eigenvalue weighted by atomic mass is 127. The minimum Gasteiger partial charge on any atom is -0.481 e. The molecule has 3 aromatic heterocycles. The van der Waals surface area contributed by atoms with Crippen molar-refractivity contribution >= 4 is 79.0 Å². The maximum Gasteiger partial charge on any atom is 0.221 e. The van der Waals surface area contributed by atoms with Crippen LogP contribution in [-0.2, 0) is 0 Å². The molecule has 4 rings (SSSR count). The lowest BCUT2D eigenvalue weighted by molar-refractivity contribution is 0.403. The molecule has 4 aromatic rings. The number of fused-ring (bicyclic) bond motifs is 3. The van der Waals surface area contributed by atoms with E-state index in [1.807, 2.05) is 24.3 Å². The molecule has 0 fully saturated rings. The topological polar surface area (TPSA) is 59.9 Å². The first-order valence-electron chi connectivity index (χ1n) is 7.56. The Balaban J connectivity index is 2.01. The second kappa shape index (κ2) is 7.02. The molecule has 0 saturated heterocycles. The summed E-state index contributed by atoms with van der Waals surface area (Å²) in [6, 6.07) is 7.38. The van der Waals surface area contributed by atoms with E-state index in [4.69, 9.17) is 32.9 Å². The van der Waals surface area contributed by atoms with E-state index in [0.717, 1.165) is 25.2 Å². The number of nitrogens with zero attached hydrogens (tertiary/aromatic N) is 3. The van der Waals surface area contributed by atoms with E-state index >= 15 is 0 Å². The Morgan fingerprint density at radius 3 is 2.58 bits per heavy atom. The molecule has 1 N–H and O–H groups in total. The molecule has 0 aliphatic carbocycles. The molecule has 0 bridgehead atoms. The highest BCUT2D eigenvalue weighted by Crippen LogP contribution is 2.39. The maximum atomic E-state index is 6.39. The first kappa shape index (κ1) is 17.5. The van der Waals surface area contributed by atoms with Gasteiger partial charge in [0.05, 0.1) is 33.7 Å². The van der Waals surface area contributed by atoms with Crippen molar-refractivity contribution in [1.29, 1.82) is 0 Å². The number of rotatable bonds is 3. The van der Waals surface area contributed by atoms with Crippen LogP contribution in [-0.4, -0.2) is 22.1 Å². The Hall–Kier alpha value is -1.90. The first-order valence-corrected chi connectivity index (χ1v) is 9.40. The van der Waals surface area contributed by atoms with Crippen molar-refractivity contribution in [2.75, 3.05) is 12.4 Å². The van der Waals surface area contributed by atoms with Gasteiger partial charge in [0.2, 0.25) is 5.88 Å². The summed E-state index contributed by atoms with van der Waals surface area (Å²) < 4.78 is 6.41. The molecule has 0 spiro atoms. The summed E-state index contributed by atoms with van der Waals surface area (Å²) in [5.74, 6) is 1.12. The van der Waals surface area contributed by atoms with Gasteiger partial charge in [0.15, 0.2) is 0 Å². The Labute approximate surface area is 172 Å². The van der Waals surface area contributed by atoms with Gasteiger partial charge in [0.1, 0.15) is 5.82 Å². The monoisotopic (exact) mass is 496 g/mol. The van der Waals surface area contributed by atoms with Gasteiger partial charge in [-0.25, -0.2) is 9.97 Å². The van der Waals surface area contributed by atoms with Crippen LogP contribution < -0.4 is 10.1 Å². The third kappa shape index (κ3) is 3.02. The number of nitrogens with one attached hydrogen (secondary N) is 1. The predicted molar refractivity (Wildman–Crippen MR) is 114 cm³/mol. The van der Waals surface area contributed by atoms with Crippen LogP contribution in [0.25, 0.3) is 21.7 Å². The largest absolute Gasteiger partial charge is 0.481 e. The third-order valence-corrected chi connectivity index (χ3v) is 5.13. The van der Waals surface area contributed by atoms with Crippen LogP contribution in [0, 0.1) is 3.57 Å². The number of hydrogen-bond donors (Lipinski definition) is 1. The molecule has 0 atom stereocenters. The van der Waals surface area contributed by atoms with Gasteiger partial charge in [0, 0.05) is 32.9 Å². The van der Waals surface area contributed by atoms with E-state index in [9.17, 15) is 0 Å². The summed E-state index contributed by atoms with van der Waals surface area (Å²) in [6.45, 7) is 0. The summed E-state index contributed by atoms with van der Waals surface area (Å²) >= 11 is 14.9. The van der Waals surface area contributed by atoms with Crippen molar-refractivity contribution in [2.45, 2.75) is 0 Å². The van der Waals surface area contributed by atoms with E-state index in [-0.39, 0.29) is 0 Å². The van der Waals surface area contributed by atoms with Crippen LogP contribution in [0.4, 0.5) is 11.5 Å². The van der Waals surface area contributed by atoms with Gasteiger partial charge in [-0.15, -0.1) is 0 Å². The molecule has 130 valence electrons. The second-order valence-corrected chi connectivity index (χ2v) is 7.53. The SMILES string of the molecule is COc1nccc2c(Nc3c(Cl)cc(I)cc3Cl)nc3ccncc3c12. The van der Waals surface area contributed by atoms with Gasteiger partial charge >= 0.3 is 0 Å². The van der Waals surface area contributed by atoms with Crippen LogP contribution in [0.2, 0.25) is 10.0 Å². The number of aromatic nitrogens is 3. The predicted octanol–water partition coefficient (Wildman–Crippen LogP) is 5.84. The summed E-state index contributed by atoms with van der Waals surface area (Å²) in [4.78, 5) is 13.2. The molecule has 3 heterocycles. The van der Waals surface area contributed by atoms with Crippen molar-refractivity contribution in [3.63, 3.8) is 0 Å². The number of anilines is 2. The van der Waals surface area contributed by atoms with Crippen LogP contribution >= 0.6 is 45.8 Å². The quantitative estimate of drug-likeness (QED) is 0.285. The molecule has 0 saturated carbocycles. The summed E-state index contributed by atoms with van der Waals surface area (Å²) in [6.07, 6.45) is 5.12. The van der Waals surface area contributed by atoms with Gasteiger partial charge in [-0.2, -0.15) is 0 Å². The number of halogens is 3. The lowest BCUT2D eigenvalue weighted by atomic mass is 10.1. The van der Waals surface area contributed by atoms with Gasteiger partial charge in [-0.1, -0.05) is 23.2 Å². The van der Waals surface area contributed by atoms with Gasteiger partial charge in [-0.3, -0.25) is 4.98 Å². The summed E-state index contributed by atoms with van der Waals surface area (Å²) in [5.41, 5.74) is 1.37. The number of benzene rings is 1. The molecule has 26 heavy (non-hydrogen) atoms. The average Bonchev–Trinajstić information content (AvgIpc) is 2.64. The van der Waals surface area contributed by atoms with E-state index in [1.54, 1.807) is 25.7 Å². The first-order chi connectivity index (χ1) is 12.6. The summed E-state index contributed by atoms with van der Waals surface area (Å²) in [7, 11) is 1.59. The van der Waals surface area contributed by atoms with Crippen molar-refractivity contribution < 1.29 is 4.74 Å². The molecule has 0 aliphatic rings. The van der Waals surface area contributed by atoms with Crippen LogP contribution in [0.1, 0.15) is 0 Å². The molecular weight excluding hydrogens is 486 g/mol. The van der Waals surface area contributed by atoms with Crippen molar-refractivity contribution in [3.8, 4) is 5.88 Å². The normalized spacial score (nSPS) is 11.1. The molecule has 0 amide bonds. The Morgan fingerprint density at radius 2 is 1.85 bits per heavy atom. The number of hydrogen-bond acceptors (Lipinski definition) is 5. The zero-order valence-electron chi connectivity index (χ0n) is 13.4. The average molecular weight is 497 g/mol. The Bertz CT molecular complexity index is 1130. The van der Waals surface area contributed by atoms with E-state index in [0.29, 0.717) is 27.4 Å². The minimum absolute atomic E-state index is 0.505. The van der Waals surface area contributed by atoms with Gasteiger partial charge in [0.25, 0.3) is 0 Å². The van der Waals surface area contributed by atoms with Crippen molar-refractivity contribution in [1.82, 2.24) is 15.0 Å². The van der Waals surface area contributed by atoms with E-state index in [2.05, 4.69) is 37.9 Å². The molecule has 0 radical (unpaired) electrons. The lowest BCUT2D eigenvalue weighted by Crippen LogP contribution is -2.00. The molecular formula is C18H11Cl2IN4O. The number of ether oxygens (including phenoxy) is 1. The Kier molecular flexibility index (Phi) is 4.73. The van der Waals surface area contributed by atoms with Crippen LogP contribution in [0.15, 0.2) is 42.9 Å². The van der Waals surface area contributed by atoms with Crippen molar-refractivity contribution in [3.05, 3.63) is 56.5 Å². The number of pyridine rings is 3. The van der Waals surface area contributed by atoms with Crippen LogP contribution in [0.5, 0.6) is 5.88 Å². The third-order valence-electron chi connectivity index (χ3n) is 3.91. The molecule has 8 heteroatoms. The highest BCUT2D eigenvalue weighted by molar-refractivity contribution is 14.1. The molecule has 1 aromatic carbocycles. The lowest BCUT2D eigenvalue weighted by Gasteiger charge is -2.15. The fourth-order valence-electron chi connectivity index (χ4n) is 2.79. The van der Waals surface area contributed by atoms with Gasteiger partial charge < -0.3 is 10.1 Å². The Morgan fingerprint density at radius 1 is 1.08 bits per heavy atom. The zero-order valence-corrected chi connectivity index (χ0v) is 17.1. The van der Waals surface area contributed by atoms with E-state index < -0.39 is 0 Å². The minimum atomic E-state index is 0.505. The smallest absolute Gasteiger partial charge is 0.221 e. The summed E-state index contributed by atoms with van der Waals surface area (Å²) in [5, 5.41) is 6.84. The number of methoxy groups -OCH3 is 1. The van der Waals surface area contributed by atoms with Crippen molar-refractivity contribution in [2.24, 2.45) is 0 Å². The zero-order chi connectivity index (χ0) is 18.3. The maximum absolute atomic E-state index is 6.39. The molecule has 5 nitrogen and oxygen atoms in total. The molecule has 0 aliphatic heterocycles.